The smallest absolute Gasteiger partial charge is 0.123 e. The van der Waals surface area contributed by atoms with Crippen molar-refractivity contribution in [1.82, 2.24) is 10.3 Å². The Morgan fingerprint density at radius 1 is 1.24 bits per heavy atom. The molecule has 0 radical (unpaired) electrons. The average molecular weight is 304 g/mol. The molecule has 21 heavy (non-hydrogen) atoms. The molecule has 112 valence electrons. The molecule has 4 heteroatoms. The van der Waals surface area contributed by atoms with Crippen LogP contribution in [0.4, 0.5) is 4.39 Å². The van der Waals surface area contributed by atoms with E-state index >= 15 is 0 Å². The highest BCUT2D eigenvalue weighted by atomic mass is 32.1. The van der Waals surface area contributed by atoms with E-state index in [1.165, 1.54) is 25.0 Å². The van der Waals surface area contributed by atoms with Crippen molar-refractivity contribution in [2.75, 3.05) is 0 Å². The van der Waals surface area contributed by atoms with Gasteiger partial charge in [-0.05, 0) is 48.9 Å². The van der Waals surface area contributed by atoms with Gasteiger partial charge in [-0.3, -0.25) is 0 Å². The fourth-order valence-electron chi connectivity index (χ4n) is 3.00. The first kappa shape index (κ1) is 14.7. The largest absolute Gasteiger partial charge is 0.308 e. The highest BCUT2D eigenvalue weighted by Gasteiger charge is 2.29. The number of aromatic nitrogens is 1. The van der Waals surface area contributed by atoms with Crippen LogP contribution in [-0.2, 0) is 6.54 Å². The minimum Gasteiger partial charge on any atom is -0.308 e. The number of nitrogens with zero attached hydrogens (tertiary/aromatic N) is 1. The summed E-state index contributed by atoms with van der Waals surface area (Å²) in [5, 5.41) is 6.69. The molecular formula is C17H21FN2S. The average Bonchev–Trinajstić information content (AvgIpc) is 3.07. The molecule has 1 aliphatic carbocycles. The van der Waals surface area contributed by atoms with Crippen LogP contribution in [0.3, 0.4) is 0 Å². The fraction of sp³-hybridized carbons (Fsp3) is 0.471. The summed E-state index contributed by atoms with van der Waals surface area (Å²) < 4.78 is 12.9. The molecule has 0 spiro atoms. The lowest BCUT2D eigenvalue weighted by atomic mass is 9.98. The molecule has 3 unspecified atom stereocenters. The Morgan fingerprint density at radius 2 is 2.00 bits per heavy atom. The van der Waals surface area contributed by atoms with Crippen LogP contribution < -0.4 is 5.32 Å². The summed E-state index contributed by atoms with van der Waals surface area (Å²) in [5.74, 6) is 1.34. The Bertz CT molecular complexity index is 593. The first-order valence-corrected chi connectivity index (χ1v) is 8.45. The lowest BCUT2D eigenvalue weighted by Crippen LogP contribution is -2.31. The molecule has 1 aromatic carbocycles. The van der Waals surface area contributed by atoms with Gasteiger partial charge in [-0.15, -0.1) is 11.3 Å². The van der Waals surface area contributed by atoms with Crippen molar-refractivity contribution in [3.8, 4) is 10.6 Å². The number of rotatable bonds is 4. The predicted molar refractivity (Wildman–Crippen MR) is 85.7 cm³/mol. The van der Waals surface area contributed by atoms with E-state index in [0.717, 1.165) is 34.6 Å². The summed E-state index contributed by atoms with van der Waals surface area (Å²) >= 11 is 1.62. The molecule has 2 nitrogen and oxygen atoms in total. The Labute approximate surface area is 129 Å². The van der Waals surface area contributed by atoms with Crippen molar-refractivity contribution in [2.24, 2.45) is 11.8 Å². The molecule has 0 aliphatic heterocycles. The third kappa shape index (κ3) is 3.33. The van der Waals surface area contributed by atoms with E-state index in [1.54, 1.807) is 23.5 Å². The number of hydrogen-bond acceptors (Lipinski definition) is 3. The molecular weight excluding hydrogens is 283 g/mol. The van der Waals surface area contributed by atoms with Gasteiger partial charge in [-0.2, -0.15) is 0 Å². The molecule has 1 aromatic heterocycles. The number of benzene rings is 1. The maximum Gasteiger partial charge on any atom is 0.123 e. The van der Waals surface area contributed by atoms with Gasteiger partial charge >= 0.3 is 0 Å². The van der Waals surface area contributed by atoms with Crippen molar-refractivity contribution in [1.29, 1.82) is 0 Å². The van der Waals surface area contributed by atoms with E-state index in [9.17, 15) is 4.39 Å². The Morgan fingerprint density at radius 3 is 2.67 bits per heavy atom. The molecule has 0 amide bonds. The highest BCUT2D eigenvalue weighted by Crippen LogP contribution is 2.31. The zero-order chi connectivity index (χ0) is 14.8. The molecule has 1 aliphatic rings. The van der Waals surface area contributed by atoms with Gasteiger partial charge in [0.05, 0.1) is 5.69 Å². The molecule has 1 fully saturated rings. The van der Waals surface area contributed by atoms with Crippen LogP contribution in [0.15, 0.2) is 29.6 Å². The molecule has 0 bridgehead atoms. The minimum absolute atomic E-state index is 0.207. The van der Waals surface area contributed by atoms with Crippen molar-refractivity contribution in [3.05, 3.63) is 41.2 Å². The quantitative estimate of drug-likeness (QED) is 0.901. The molecule has 2 aromatic rings. The van der Waals surface area contributed by atoms with Crippen molar-refractivity contribution < 1.29 is 4.39 Å². The van der Waals surface area contributed by atoms with Gasteiger partial charge in [-0.1, -0.05) is 13.8 Å². The number of thiazole rings is 1. The normalized spacial score (nSPS) is 25.4. The first-order valence-electron chi connectivity index (χ1n) is 7.57. The van der Waals surface area contributed by atoms with Crippen molar-refractivity contribution in [3.63, 3.8) is 0 Å². The molecule has 1 saturated carbocycles. The summed E-state index contributed by atoms with van der Waals surface area (Å²) in [5.41, 5.74) is 2.06. The Balaban J connectivity index is 1.62. The molecule has 1 N–H and O–H groups in total. The Hall–Kier alpha value is -1.26. The number of hydrogen-bond donors (Lipinski definition) is 1. The summed E-state index contributed by atoms with van der Waals surface area (Å²) in [7, 11) is 0. The van der Waals surface area contributed by atoms with Gasteiger partial charge < -0.3 is 5.32 Å². The van der Waals surface area contributed by atoms with Gasteiger partial charge in [0.1, 0.15) is 10.8 Å². The molecule has 1 heterocycles. The standard InChI is InChI=1S/C17H21FN2S/c1-11-3-8-16(12(11)2)19-9-15-10-21-17(20-15)13-4-6-14(18)7-5-13/h4-7,10-12,16,19H,3,8-9H2,1-2H3. The van der Waals surface area contributed by atoms with Crippen LogP contribution in [0.2, 0.25) is 0 Å². The lowest BCUT2D eigenvalue weighted by Gasteiger charge is -2.19. The van der Waals surface area contributed by atoms with E-state index in [4.69, 9.17) is 0 Å². The van der Waals surface area contributed by atoms with Crippen LogP contribution in [0.5, 0.6) is 0 Å². The minimum atomic E-state index is -0.207. The summed E-state index contributed by atoms with van der Waals surface area (Å²) in [6, 6.07) is 7.14. The zero-order valence-electron chi connectivity index (χ0n) is 12.5. The van der Waals surface area contributed by atoms with Gasteiger partial charge in [0.15, 0.2) is 0 Å². The second-order valence-corrected chi connectivity index (χ2v) is 6.91. The summed E-state index contributed by atoms with van der Waals surface area (Å²) in [4.78, 5) is 4.65. The predicted octanol–water partition coefficient (Wildman–Crippen LogP) is 4.47. The lowest BCUT2D eigenvalue weighted by molar-refractivity contribution is 0.369. The molecule has 3 atom stereocenters. The van der Waals surface area contributed by atoms with Crippen LogP contribution >= 0.6 is 11.3 Å². The topological polar surface area (TPSA) is 24.9 Å². The second-order valence-electron chi connectivity index (χ2n) is 6.05. The van der Waals surface area contributed by atoms with Gasteiger partial charge in [0, 0.05) is 23.5 Å². The van der Waals surface area contributed by atoms with E-state index in [1.807, 2.05) is 0 Å². The first-order chi connectivity index (χ1) is 10.1. The summed E-state index contributed by atoms with van der Waals surface area (Å²) in [6.45, 7) is 5.49. The van der Waals surface area contributed by atoms with Crippen LogP contribution in [0.25, 0.3) is 10.6 Å². The maximum absolute atomic E-state index is 12.9. The fourth-order valence-corrected chi connectivity index (χ4v) is 3.83. The van der Waals surface area contributed by atoms with Crippen molar-refractivity contribution in [2.45, 2.75) is 39.3 Å². The number of halogens is 1. The molecule has 0 saturated heterocycles. The zero-order valence-corrected chi connectivity index (χ0v) is 13.3. The molecule has 3 rings (SSSR count). The SMILES string of the molecule is CC1CCC(NCc2csc(-c3ccc(F)cc3)n2)C1C. The van der Waals surface area contributed by atoms with Crippen molar-refractivity contribution >= 4 is 11.3 Å². The van der Waals surface area contributed by atoms with Gasteiger partial charge in [0.2, 0.25) is 0 Å². The van der Waals surface area contributed by atoms with Crippen LogP contribution in [0.1, 0.15) is 32.4 Å². The third-order valence-corrected chi connectivity index (χ3v) is 5.59. The Kier molecular flexibility index (Phi) is 4.36. The van der Waals surface area contributed by atoms with E-state index < -0.39 is 0 Å². The van der Waals surface area contributed by atoms with Gasteiger partial charge in [-0.25, -0.2) is 9.37 Å². The second kappa shape index (κ2) is 6.24. The number of nitrogens with one attached hydrogen (secondary N) is 1. The van der Waals surface area contributed by atoms with E-state index in [2.05, 4.69) is 29.5 Å². The van der Waals surface area contributed by atoms with Gasteiger partial charge in [0.25, 0.3) is 0 Å². The highest BCUT2D eigenvalue weighted by molar-refractivity contribution is 7.13. The summed E-state index contributed by atoms with van der Waals surface area (Å²) in [6.07, 6.45) is 2.58. The third-order valence-electron chi connectivity index (χ3n) is 4.65. The van der Waals surface area contributed by atoms with Crippen LogP contribution in [0, 0.1) is 17.7 Å². The monoisotopic (exact) mass is 304 g/mol. The van der Waals surface area contributed by atoms with E-state index in [-0.39, 0.29) is 5.82 Å². The van der Waals surface area contributed by atoms with Crippen LogP contribution in [-0.4, -0.2) is 11.0 Å². The maximum atomic E-state index is 12.9. The van der Waals surface area contributed by atoms with E-state index in [0.29, 0.717) is 6.04 Å².